The third-order valence-electron chi connectivity index (χ3n) is 2.92. The Kier molecular flexibility index (Phi) is 4.12. The minimum Gasteiger partial charge on any atom is -0.398 e. The molecule has 3 N–H and O–H groups in total. The van der Waals surface area contributed by atoms with Gasteiger partial charge in [-0.15, -0.1) is 11.3 Å². The molecule has 0 bridgehead atoms. The maximum absolute atomic E-state index is 13.2. The van der Waals surface area contributed by atoms with Crippen LogP contribution < -0.4 is 10.5 Å². The SMILES string of the molecule is Cc1cc(CNS(=O)(=O)c2cc(F)ccc2N)sc1C. The molecule has 0 aliphatic carbocycles. The summed E-state index contributed by atoms with van der Waals surface area (Å²) in [5.74, 6) is -0.637. The van der Waals surface area contributed by atoms with Crippen LogP contribution in [0.1, 0.15) is 15.3 Å². The zero-order valence-electron chi connectivity index (χ0n) is 11.1. The number of halogens is 1. The number of nitrogens with two attached hydrogens (primary N) is 1. The minimum atomic E-state index is -3.82. The van der Waals surface area contributed by atoms with Crippen molar-refractivity contribution in [1.82, 2.24) is 4.72 Å². The highest BCUT2D eigenvalue weighted by Gasteiger charge is 2.18. The van der Waals surface area contributed by atoms with Crippen LogP contribution in [-0.2, 0) is 16.6 Å². The first-order chi connectivity index (χ1) is 9.29. The van der Waals surface area contributed by atoms with E-state index in [0.29, 0.717) is 0 Å². The van der Waals surface area contributed by atoms with Gasteiger partial charge in [0, 0.05) is 16.3 Å². The van der Waals surface area contributed by atoms with E-state index >= 15 is 0 Å². The quantitative estimate of drug-likeness (QED) is 0.852. The van der Waals surface area contributed by atoms with E-state index in [9.17, 15) is 12.8 Å². The lowest BCUT2D eigenvalue weighted by Gasteiger charge is -2.08. The average molecular weight is 314 g/mol. The van der Waals surface area contributed by atoms with Gasteiger partial charge in [0.2, 0.25) is 10.0 Å². The Hall–Kier alpha value is -1.44. The lowest BCUT2D eigenvalue weighted by molar-refractivity contribution is 0.578. The zero-order valence-corrected chi connectivity index (χ0v) is 12.7. The number of aryl methyl sites for hydroxylation is 2. The molecule has 108 valence electrons. The summed E-state index contributed by atoms with van der Waals surface area (Å²) < 4.78 is 39.8. The van der Waals surface area contributed by atoms with Gasteiger partial charge < -0.3 is 5.73 Å². The van der Waals surface area contributed by atoms with Gasteiger partial charge in [0.1, 0.15) is 10.7 Å². The number of hydrogen-bond donors (Lipinski definition) is 2. The van der Waals surface area contributed by atoms with Crippen LogP contribution in [0.25, 0.3) is 0 Å². The number of benzene rings is 1. The second kappa shape index (κ2) is 5.51. The van der Waals surface area contributed by atoms with Crippen LogP contribution in [0, 0.1) is 19.7 Å². The van der Waals surface area contributed by atoms with Crippen LogP contribution in [-0.4, -0.2) is 8.42 Å². The molecule has 1 aromatic carbocycles. The number of sulfonamides is 1. The van der Waals surface area contributed by atoms with Gasteiger partial charge in [0.05, 0.1) is 5.69 Å². The molecular formula is C13H15FN2O2S2. The summed E-state index contributed by atoms with van der Waals surface area (Å²) in [5, 5.41) is 0. The Morgan fingerprint density at radius 2 is 2.00 bits per heavy atom. The normalized spacial score (nSPS) is 11.8. The van der Waals surface area contributed by atoms with Gasteiger partial charge >= 0.3 is 0 Å². The molecule has 0 spiro atoms. The highest BCUT2D eigenvalue weighted by atomic mass is 32.2. The van der Waals surface area contributed by atoms with Gasteiger partial charge in [-0.05, 0) is 43.7 Å². The fraction of sp³-hybridized carbons (Fsp3) is 0.231. The Balaban J connectivity index is 2.21. The Morgan fingerprint density at radius 1 is 1.30 bits per heavy atom. The van der Waals surface area contributed by atoms with Crippen LogP contribution in [0.2, 0.25) is 0 Å². The summed E-state index contributed by atoms with van der Waals surface area (Å²) in [7, 11) is -3.82. The van der Waals surface area contributed by atoms with Gasteiger partial charge in [-0.25, -0.2) is 17.5 Å². The molecule has 0 saturated heterocycles. The van der Waals surface area contributed by atoms with Crippen molar-refractivity contribution in [1.29, 1.82) is 0 Å². The molecule has 1 heterocycles. The Labute approximate surface area is 121 Å². The van der Waals surface area contributed by atoms with E-state index in [1.54, 1.807) is 0 Å². The van der Waals surface area contributed by atoms with Gasteiger partial charge in [0.25, 0.3) is 0 Å². The Morgan fingerprint density at radius 3 is 2.60 bits per heavy atom. The number of rotatable bonds is 4. The fourth-order valence-electron chi connectivity index (χ4n) is 1.72. The first-order valence-electron chi connectivity index (χ1n) is 5.90. The highest BCUT2D eigenvalue weighted by Crippen LogP contribution is 2.22. The first kappa shape index (κ1) is 15.0. The average Bonchev–Trinajstić information content (AvgIpc) is 2.69. The summed E-state index contributed by atoms with van der Waals surface area (Å²) in [6, 6.07) is 5.21. The van der Waals surface area contributed by atoms with Crippen molar-refractivity contribution in [3.05, 3.63) is 45.4 Å². The lowest BCUT2D eigenvalue weighted by Crippen LogP contribution is -2.23. The van der Waals surface area contributed by atoms with Gasteiger partial charge in [-0.2, -0.15) is 0 Å². The second-order valence-corrected chi connectivity index (χ2v) is 7.53. The number of thiophene rings is 1. The molecule has 0 aliphatic heterocycles. The van der Waals surface area contributed by atoms with Crippen molar-refractivity contribution in [2.75, 3.05) is 5.73 Å². The van der Waals surface area contributed by atoms with E-state index in [1.807, 2.05) is 19.9 Å². The van der Waals surface area contributed by atoms with Gasteiger partial charge in [0.15, 0.2) is 0 Å². The molecule has 1 aromatic heterocycles. The maximum atomic E-state index is 13.2. The number of anilines is 1. The van der Waals surface area contributed by atoms with Gasteiger partial charge in [-0.1, -0.05) is 0 Å². The first-order valence-corrected chi connectivity index (χ1v) is 8.20. The third kappa shape index (κ3) is 3.17. The molecule has 2 rings (SSSR count). The summed E-state index contributed by atoms with van der Waals surface area (Å²) in [6.07, 6.45) is 0. The fourth-order valence-corrected chi connectivity index (χ4v) is 3.95. The largest absolute Gasteiger partial charge is 0.398 e. The molecule has 0 unspecified atom stereocenters. The van der Waals surface area contributed by atoms with Crippen molar-refractivity contribution < 1.29 is 12.8 Å². The van der Waals surface area contributed by atoms with E-state index in [1.165, 1.54) is 17.4 Å². The molecule has 4 nitrogen and oxygen atoms in total. The third-order valence-corrected chi connectivity index (χ3v) is 5.53. The molecule has 0 atom stereocenters. The van der Waals surface area contributed by atoms with Crippen LogP contribution in [0.15, 0.2) is 29.2 Å². The predicted octanol–water partition coefficient (Wildman–Crippen LogP) is 2.56. The van der Waals surface area contributed by atoms with Crippen molar-refractivity contribution >= 4 is 27.0 Å². The number of hydrogen-bond acceptors (Lipinski definition) is 4. The van der Waals surface area contributed by atoms with Crippen LogP contribution in [0.4, 0.5) is 10.1 Å². The monoisotopic (exact) mass is 314 g/mol. The molecular weight excluding hydrogens is 299 g/mol. The molecule has 7 heteroatoms. The number of nitrogens with one attached hydrogen (secondary N) is 1. The van der Waals surface area contributed by atoms with E-state index < -0.39 is 15.8 Å². The molecule has 0 aliphatic rings. The molecule has 0 saturated carbocycles. The Bertz CT molecular complexity index is 719. The lowest BCUT2D eigenvalue weighted by atomic mass is 10.3. The molecule has 2 aromatic rings. The smallest absolute Gasteiger partial charge is 0.243 e. The van der Waals surface area contributed by atoms with E-state index in [0.717, 1.165) is 27.5 Å². The zero-order chi connectivity index (χ0) is 14.9. The van der Waals surface area contributed by atoms with E-state index in [-0.39, 0.29) is 17.1 Å². The summed E-state index contributed by atoms with van der Waals surface area (Å²) in [6.45, 7) is 4.11. The van der Waals surface area contributed by atoms with Crippen molar-refractivity contribution in [3.8, 4) is 0 Å². The molecule has 0 amide bonds. The summed E-state index contributed by atoms with van der Waals surface area (Å²) in [5.41, 5.74) is 6.73. The minimum absolute atomic E-state index is 0.0254. The van der Waals surface area contributed by atoms with Crippen LogP contribution >= 0.6 is 11.3 Å². The maximum Gasteiger partial charge on any atom is 0.243 e. The van der Waals surface area contributed by atoms with Crippen LogP contribution in [0.5, 0.6) is 0 Å². The molecule has 20 heavy (non-hydrogen) atoms. The van der Waals surface area contributed by atoms with E-state index in [2.05, 4.69) is 4.72 Å². The standard InChI is InChI=1S/C13H15FN2O2S2/c1-8-5-11(19-9(8)2)7-16-20(17,18)13-6-10(14)3-4-12(13)15/h3-6,16H,7,15H2,1-2H3. The highest BCUT2D eigenvalue weighted by molar-refractivity contribution is 7.89. The second-order valence-electron chi connectivity index (χ2n) is 4.46. The molecule has 0 radical (unpaired) electrons. The number of nitrogen functional groups attached to an aromatic ring is 1. The topological polar surface area (TPSA) is 72.2 Å². The van der Waals surface area contributed by atoms with Crippen molar-refractivity contribution in [3.63, 3.8) is 0 Å². The predicted molar refractivity (Wildman–Crippen MR) is 78.6 cm³/mol. The van der Waals surface area contributed by atoms with Crippen molar-refractivity contribution in [2.45, 2.75) is 25.3 Å². The summed E-state index contributed by atoms with van der Waals surface area (Å²) >= 11 is 1.53. The van der Waals surface area contributed by atoms with Crippen molar-refractivity contribution in [2.24, 2.45) is 0 Å². The molecule has 0 fully saturated rings. The summed E-state index contributed by atoms with van der Waals surface area (Å²) in [4.78, 5) is 1.81. The van der Waals surface area contributed by atoms with Gasteiger partial charge in [-0.3, -0.25) is 0 Å². The van der Waals surface area contributed by atoms with E-state index in [4.69, 9.17) is 5.73 Å². The van der Waals surface area contributed by atoms with Crippen LogP contribution in [0.3, 0.4) is 0 Å².